The van der Waals surface area contributed by atoms with Crippen molar-refractivity contribution in [2.24, 2.45) is 0 Å². The van der Waals surface area contributed by atoms with Crippen molar-refractivity contribution in [3.63, 3.8) is 0 Å². The van der Waals surface area contributed by atoms with E-state index >= 15 is 0 Å². The molecule has 2 rings (SSSR count). The first-order valence-electron chi connectivity index (χ1n) is 6.48. The summed E-state index contributed by atoms with van der Waals surface area (Å²) in [6, 6.07) is 10.9. The summed E-state index contributed by atoms with van der Waals surface area (Å²) < 4.78 is 40.0. The summed E-state index contributed by atoms with van der Waals surface area (Å²) in [6.45, 7) is 3.66. The van der Waals surface area contributed by atoms with E-state index in [1.807, 2.05) is 25.1 Å². The van der Waals surface area contributed by atoms with Gasteiger partial charge in [-0.2, -0.15) is 13.2 Å². The molecule has 0 radical (unpaired) electrons. The largest absolute Gasteiger partial charge is 0.416 e. The number of benzene rings is 2. The molecule has 0 heterocycles. The standard InChI is InChI=1S/C16H15BrF3N/c1-10-7-8-14(17)15(9-10)21-11(2)12-5-3-4-6-13(12)16(18,19)20/h3-9,11,21H,1-2H3. The van der Waals surface area contributed by atoms with Gasteiger partial charge in [-0.3, -0.25) is 0 Å². The third-order valence-corrected chi connectivity index (χ3v) is 3.92. The number of hydrogen-bond acceptors (Lipinski definition) is 1. The first-order valence-corrected chi connectivity index (χ1v) is 7.27. The Morgan fingerprint density at radius 1 is 1.10 bits per heavy atom. The van der Waals surface area contributed by atoms with Crippen LogP contribution >= 0.6 is 15.9 Å². The number of halogens is 4. The average molecular weight is 358 g/mol. The Hall–Kier alpha value is -1.49. The molecule has 0 aliphatic carbocycles. The smallest absolute Gasteiger partial charge is 0.378 e. The van der Waals surface area contributed by atoms with Crippen molar-refractivity contribution in [3.8, 4) is 0 Å². The number of nitrogens with one attached hydrogen (secondary N) is 1. The van der Waals surface area contributed by atoms with Gasteiger partial charge in [0.25, 0.3) is 0 Å². The molecule has 21 heavy (non-hydrogen) atoms. The molecular formula is C16H15BrF3N. The monoisotopic (exact) mass is 357 g/mol. The molecule has 1 nitrogen and oxygen atoms in total. The quantitative estimate of drug-likeness (QED) is 0.715. The summed E-state index contributed by atoms with van der Waals surface area (Å²) in [7, 11) is 0. The van der Waals surface area contributed by atoms with Crippen molar-refractivity contribution in [1.82, 2.24) is 0 Å². The summed E-state index contributed by atoms with van der Waals surface area (Å²) >= 11 is 3.40. The molecule has 1 N–H and O–H groups in total. The van der Waals surface area contributed by atoms with Gasteiger partial charge in [0.05, 0.1) is 5.56 Å². The molecule has 5 heteroatoms. The van der Waals surface area contributed by atoms with E-state index in [4.69, 9.17) is 0 Å². The number of alkyl halides is 3. The molecule has 0 aliphatic heterocycles. The zero-order valence-corrected chi connectivity index (χ0v) is 13.2. The fourth-order valence-electron chi connectivity index (χ4n) is 2.19. The van der Waals surface area contributed by atoms with Gasteiger partial charge < -0.3 is 5.32 Å². The molecule has 0 aromatic heterocycles. The maximum absolute atomic E-state index is 13.1. The van der Waals surface area contributed by atoms with Crippen molar-refractivity contribution in [2.75, 3.05) is 5.32 Å². The second-order valence-electron chi connectivity index (χ2n) is 4.93. The minimum Gasteiger partial charge on any atom is -0.378 e. The van der Waals surface area contributed by atoms with E-state index in [9.17, 15) is 13.2 Å². The molecule has 2 aromatic carbocycles. The molecule has 0 fully saturated rings. The molecule has 0 saturated heterocycles. The Bertz CT molecular complexity index is 638. The summed E-state index contributed by atoms with van der Waals surface area (Å²) in [5.41, 5.74) is 1.45. The molecule has 0 bridgehead atoms. The zero-order chi connectivity index (χ0) is 15.6. The van der Waals surface area contributed by atoms with E-state index in [-0.39, 0.29) is 5.56 Å². The molecule has 112 valence electrons. The fraction of sp³-hybridized carbons (Fsp3) is 0.250. The van der Waals surface area contributed by atoms with Gasteiger partial charge in [-0.15, -0.1) is 0 Å². The average Bonchev–Trinajstić information content (AvgIpc) is 2.42. The van der Waals surface area contributed by atoms with E-state index in [2.05, 4.69) is 21.2 Å². The predicted molar refractivity (Wildman–Crippen MR) is 82.4 cm³/mol. The van der Waals surface area contributed by atoms with Crippen molar-refractivity contribution < 1.29 is 13.2 Å². The van der Waals surface area contributed by atoms with Gasteiger partial charge in [-0.05, 0) is 59.1 Å². The SMILES string of the molecule is Cc1ccc(Br)c(NC(C)c2ccccc2C(F)(F)F)c1. The maximum Gasteiger partial charge on any atom is 0.416 e. The van der Waals surface area contributed by atoms with Crippen LogP contribution in [0, 0.1) is 6.92 Å². The lowest BCUT2D eigenvalue weighted by molar-refractivity contribution is -0.138. The van der Waals surface area contributed by atoms with Crippen molar-refractivity contribution in [2.45, 2.75) is 26.1 Å². The highest BCUT2D eigenvalue weighted by Gasteiger charge is 2.34. The van der Waals surface area contributed by atoms with Crippen LogP contribution in [0.1, 0.15) is 29.7 Å². The topological polar surface area (TPSA) is 12.0 Å². The van der Waals surface area contributed by atoms with Gasteiger partial charge in [-0.25, -0.2) is 0 Å². The van der Waals surface area contributed by atoms with Gasteiger partial charge >= 0.3 is 6.18 Å². The number of anilines is 1. The summed E-state index contributed by atoms with van der Waals surface area (Å²) in [6.07, 6.45) is -4.35. The van der Waals surface area contributed by atoms with Gasteiger partial charge in [0.2, 0.25) is 0 Å². The van der Waals surface area contributed by atoms with Gasteiger partial charge in [0.15, 0.2) is 0 Å². The Labute approximate surface area is 130 Å². The number of hydrogen-bond donors (Lipinski definition) is 1. The second-order valence-corrected chi connectivity index (χ2v) is 5.79. The Morgan fingerprint density at radius 2 is 1.76 bits per heavy atom. The first kappa shape index (κ1) is 15.9. The van der Waals surface area contributed by atoms with Crippen LogP contribution in [0.15, 0.2) is 46.9 Å². The number of aryl methyl sites for hydroxylation is 1. The van der Waals surface area contributed by atoms with Gasteiger partial charge in [-0.1, -0.05) is 24.3 Å². The number of rotatable bonds is 3. The van der Waals surface area contributed by atoms with Crippen LogP contribution in [0.3, 0.4) is 0 Å². The van der Waals surface area contributed by atoms with Crippen LogP contribution in [0.25, 0.3) is 0 Å². The molecule has 1 atom stereocenters. The maximum atomic E-state index is 13.1. The minimum atomic E-state index is -4.35. The third kappa shape index (κ3) is 3.79. The molecule has 0 amide bonds. The van der Waals surface area contributed by atoms with Gasteiger partial charge in [0, 0.05) is 16.2 Å². The van der Waals surface area contributed by atoms with E-state index in [0.717, 1.165) is 21.8 Å². The Morgan fingerprint density at radius 3 is 2.43 bits per heavy atom. The predicted octanol–water partition coefficient (Wildman–Crippen LogP) is 5.95. The fourth-order valence-corrected chi connectivity index (χ4v) is 2.55. The van der Waals surface area contributed by atoms with E-state index in [1.54, 1.807) is 13.0 Å². The van der Waals surface area contributed by atoms with Crippen LogP contribution in [0.4, 0.5) is 18.9 Å². The molecular weight excluding hydrogens is 343 g/mol. The minimum absolute atomic E-state index is 0.235. The van der Waals surface area contributed by atoms with Crippen molar-refractivity contribution in [3.05, 3.63) is 63.6 Å². The Balaban J connectivity index is 2.33. The highest BCUT2D eigenvalue weighted by atomic mass is 79.9. The Kier molecular flexibility index (Phi) is 4.61. The molecule has 1 unspecified atom stereocenters. The highest BCUT2D eigenvalue weighted by Crippen LogP contribution is 2.36. The van der Waals surface area contributed by atoms with Crippen molar-refractivity contribution in [1.29, 1.82) is 0 Å². The molecule has 0 saturated carbocycles. The molecule has 0 spiro atoms. The summed E-state index contributed by atoms with van der Waals surface area (Å²) in [5.74, 6) is 0. The summed E-state index contributed by atoms with van der Waals surface area (Å²) in [4.78, 5) is 0. The van der Waals surface area contributed by atoms with Crippen LogP contribution in [-0.2, 0) is 6.18 Å². The first-order chi connectivity index (χ1) is 9.79. The van der Waals surface area contributed by atoms with Crippen LogP contribution in [-0.4, -0.2) is 0 Å². The zero-order valence-electron chi connectivity index (χ0n) is 11.6. The molecule has 0 aliphatic rings. The summed E-state index contributed by atoms with van der Waals surface area (Å²) in [5, 5.41) is 3.13. The lowest BCUT2D eigenvalue weighted by atomic mass is 10.0. The normalized spacial score (nSPS) is 13.0. The lowest BCUT2D eigenvalue weighted by Crippen LogP contribution is -2.15. The van der Waals surface area contributed by atoms with Gasteiger partial charge in [0.1, 0.15) is 0 Å². The van der Waals surface area contributed by atoms with Crippen LogP contribution < -0.4 is 5.32 Å². The lowest BCUT2D eigenvalue weighted by Gasteiger charge is -2.21. The van der Waals surface area contributed by atoms with Crippen molar-refractivity contribution >= 4 is 21.6 Å². The second kappa shape index (κ2) is 6.10. The highest BCUT2D eigenvalue weighted by molar-refractivity contribution is 9.10. The molecule has 2 aromatic rings. The van der Waals surface area contributed by atoms with E-state index in [0.29, 0.717) is 0 Å². The van der Waals surface area contributed by atoms with E-state index in [1.165, 1.54) is 12.1 Å². The van der Waals surface area contributed by atoms with E-state index < -0.39 is 17.8 Å². The van der Waals surface area contributed by atoms with Crippen LogP contribution in [0.2, 0.25) is 0 Å². The third-order valence-electron chi connectivity index (χ3n) is 3.23. The van der Waals surface area contributed by atoms with Crippen LogP contribution in [0.5, 0.6) is 0 Å².